The molecule has 122 valence electrons. The van der Waals surface area contributed by atoms with E-state index < -0.39 is 0 Å². The van der Waals surface area contributed by atoms with Crippen LogP contribution in [0.4, 0.5) is 5.69 Å². The van der Waals surface area contributed by atoms with Gasteiger partial charge in [-0.1, -0.05) is 58.0 Å². The summed E-state index contributed by atoms with van der Waals surface area (Å²) in [6, 6.07) is 17.2. The minimum absolute atomic E-state index is 0.00321. The van der Waals surface area contributed by atoms with Gasteiger partial charge in [-0.05, 0) is 35.2 Å². The van der Waals surface area contributed by atoms with Gasteiger partial charge in [-0.3, -0.25) is 4.79 Å². The summed E-state index contributed by atoms with van der Waals surface area (Å²) in [6.45, 7) is 8.00. The average molecular weight is 310 g/mol. The van der Waals surface area contributed by atoms with Gasteiger partial charge in [0.25, 0.3) is 5.56 Å². The van der Waals surface area contributed by atoms with E-state index in [4.69, 9.17) is 5.73 Å². The molecule has 0 bridgehead atoms. The van der Waals surface area contributed by atoms with Crippen LogP contribution >= 0.6 is 0 Å². The number of nitrogens with zero attached hydrogens (tertiary/aromatic N) is 1. The zero-order valence-corrected chi connectivity index (χ0v) is 14.6. The first kappa shape index (κ1) is 18.5. The molecular formula is C20H26N2O. The molecule has 0 fully saturated rings. The Bertz CT molecular complexity index is 802. The van der Waals surface area contributed by atoms with E-state index in [0.29, 0.717) is 11.3 Å². The highest BCUT2D eigenvalue weighted by Crippen LogP contribution is 2.21. The Hall–Kier alpha value is -2.55. The van der Waals surface area contributed by atoms with Gasteiger partial charge in [-0.15, -0.1) is 0 Å². The maximum atomic E-state index is 12.4. The average Bonchev–Trinajstić information content (AvgIpc) is 2.62. The summed E-state index contributed by atoms with van der Waals surface area (Å²) < 4.78 is 1.68. The Morgan fingerprint density at radius 3 is 2.04 bits per heavy atom. The van der Waals surface area contributed by atoms with Crippen molar-refractivity contribution in [1.29, 1.82) is 0 Å². The van der Waals surface area contributed by atoms with Gasteiger partial charge in [0.1, 0.15) is 0 Å². The molecule has 0 aliphatic heterocycles. The number of rotatable bonds is 1. The van der Waals surface area contributed by atoms with Crippen molar-refractivity contribution in [1.82, 2.24) is 4.57 Å². The smallest absolute Gasteiger partial charge is 0.258 e. The molecule has 0 unspecified atom stereocenters. The second kappa shape index (κ2) is 8.79. The summed E-state index contributed by atoms with van der Waals surface area (Å²) in [5.74, 6) is 0. The fraction of sp³-hybridized carbons (Fsp3) is 0.250. The van der Waals surface area contributed by atoms with Crippen LogP contribution in [0.15, 0.2) is 59.4 Å². The molecule has 23 heavy (non-hydrogen) atoms. The number of hydrogen-bond donors (Lipinski definition) is 1. The van der Waals surface area contributed by atoms with Crippen LogP contribution in [-0.2, 0) is 7.05 Å². The van der Waals surface area contributed by atoms with Crippen LogP contribution in [0.25, 0.3) is 22.0 Å². The van der Waals surface area contributed by atoms with Gasteiger partial charge in [-0.25, -0.2) is 0 Å². The van der Waals surface area contributed by atoms with Gasteiger partial charge in [0.2, 0.25) is 0 Å². The largest absolute Gasteiger partial charge is 0.399 e. The van der Waals surface area contributed by atoms with Crippen molar-refractivity contribution in [2.45, 2.75) is 27.7 Å². The highest BCUT2D eigenvalue weighted by atomic mass is 16.1. The van der Waals surface area contributed by atoms with E-state index in [9.17, 15) is 4.79 Å². The number of aromatic nitrogens is 1. The molecule has 0 aliphatic carbocycles. The molecular weight excluding hydrogens is 284 g/mol. The summed E-state index contributed by atoms with van der Waals surface area (Å²) in [6.07, 6.45) is 0. The third-order valence-corrected chi connectivity index (χ3v) is 3.35. The fourth-order valence-electron chi connectivity index (χ4n) is 2.29. The number of nitrogen functional groups attached to an aromatic ring is 1. The molecule has 0 radical (unpaired) electrons. The summed E-state index contributed by atoms with van der Waals surface area (Å²) in [4.78, 5) is 12.4. The maximum absolute atomic E-state index is 12.4. The lowest BCUT2D eigenvalue weighted by molar-refractivity contribution is 0.909. The van der Waals surface area contributed by atoms with Gasteiger partial charge >= 0.3 is 0 Å². The van der Waals surface area contributed by atoms with Crippen molar-refractivity contribution < 1.29 is 0 Å². The second-order valence-electron chi connectivity index (χ2n) is 4.60. The van der Waals surface area contributed by atoms with E-state index in [2.05, 4.69) is 0 Å². The number of pyridine rings is 1. The lowest BCUT2D eigenvalue weighted by atomic mass is 10.0. The van der Waals surface area contributed by atoms with Crippen molar-refractivity contribution in [2.75, 3.05) is 5.73 Å². The molecule has 0 spiro atoms. The van der Waals surface area contributed by atoms with Crippen LogP contribution in [0.2, 0.25) is 0 Å². The van der Waals surface area contributed by atoms with E-state index in [0.717, 1.165) is 16.5 Å². The van der Waals surface area contributed by atoms with E-state index in [1.54, 1.807) is 11.6 Å². The predicted molar refractivity (Wildman–Crippen MR) is 102 cm³/mol. The number of benzene rings is 2. The normalized spacial score (nSPS) is 9.43. The first-order chi connectivity index (χ1) is 11.2. The minimum atomic E-state index is 0.00321. The molecule has 0 saturated carbocycles. The monoisotopic (exact) mass is 310 g/mol. The van der Waals surface area contributed by atoms with Crippen molar-refractivity contribution in [2.24, 2.45) is 7.05 Å². The van der Waals surface area contributed by atoms with Crippen LogP contribution < -0.4 is 11.3 Å². The van der Waals surface area contributed by atoms with Gasteiger partial charge in [0.15, 0.2) is 0 Å². The van der Waals surface area contributed by atoms with Crippen molar-refractivity contribution >= 4 is 16.6 Å². The molecule has 3 heteroatoms. The number of aryl methyl sites for hydroxylation is 1. The quantitative estimate of drug-likeness (QED) is 0.654. The minimum Gasteiger partial charge on any atom is -0.399 e. The Kier molecular flexibility index (Phi) is 7.07. The number of anilines is 1. The second-order valence-corrected chi connectivity index (χ2v) is 4.60. The number of nitrogens with two attached hydrogens (primary N) is 1. The molecule has 3 aromatic rings. The van der Waals surface area contributed by atoms with Crippen molar-refractivity contribution in [3.8, 4) is 11.1 Å². The lowest BCUT2D eigenvalue weighted by Crippen LogP contribution is -2.18. The molecule has 0 amide bonds. The summed E-state index contributed by atoms with van der Waals surface area (Å²) in [5, 5.41) is 1.05. The van der Waals surface area contributed by atoms with Crippen molar-refractivity contribution in [3.63, 3.8) is 0 Å². The predicted octanol–water partition coefficient (Wildman–Crippen LogP) is 4.84. The highest BCUT2D eigenvalue weighted by Gasteiger charge is 2.08. The van der Waals surface area contributed by atoms with Gasteiger partial charge in [-0.2, -0.15) is 0 Å². The number of fused-ring (bicyclic) bond motifs is 1. The standard InChI is InChI=1S/C16H14N2O.2C2H6/c1-18-15-5-3-2-4-12(15)10-14(16(18)19)11-6-8-13(17)9-7-11;2*1-2/h2-10H,17H2,1H3;2*1-2H3. The lowest BCUT2D eigenvalue weighted by Gasteiger charge is -2.09. The summed E-state index contributed by atoms with van der Waals surface area (Å²) in [5.41, 5.74) is 8.90. The van der Waals surface area contributed by atoms with Gasteiger partial charge < -0.3 is 10.3 Å². The van der Waals surface area contributed by atoms with Crippen molar-refractivity contribution in [3.05, 3.63) is 65.0 Å². The fourth-order valence-corrected chi connectivity index (χ4v) is 2.29. The molecule has 0 aliphatic rings. The Morgan fingerprint density at radius 2 is 1.43 bits per heavy atom. The van der Waals surface area contributed by atoms with Crippen LogP contribution in [-0.4, -0.2) is 4.57 Å². The van der Waals surface area contributed by atoms with Crippen LogP contribution in [0.1, 0.15) is 27.7 Å². The molecule has 0 saturated heterocycles. The number of para-hydroxylation sites is 1. The molecule has 1 heterocycles. The molecule has 3 rings (SSSR count). The zero-order valence-electron chi connectivity index (χ0n) is 14.6. The van der Waals surface area contributed by atoms with Crippen LogP contribution in [0, 0.1) is 0 Å². The summed E-state index contributed by atoms with van der Waals surface area (Å²) in [7, 11) is 1.80. The molecule has 3 nitrogen and oxygen atoms in total. The molecule has 2 N–H and O–H groups in total. The Labute approximate surface area is 138 Å². The van der Waals surface area contributed by atoms with Gasteiger partial charge in [0.05, 0.1) is 5.52 Å². The van der Waals surface area contributed by atoms with E-state index in [-0.39, 0.29) is 5.56 Å². The zero-order chi connectivity index (χ0) is 17.4. The first-order valence-electron chi connectivity index (χ1n) is 8.11. The third-order valence-electron chi connectivity index (χ3n) is 3.35. The summed E-state index contributed by atoms with van der Waals surface area (Å²) >= 11 is 0. The Morgan fingerprint density at radius 1 is 0.870 bits per heavy atom. The van der Waals surface area contributed by atoms with E-state index in [1.807, 2.05) is 82.3 Å². The van der Waals surface area contributed by atoms with Crippen LogP contribution in [0.3, 0.4) is 0 Å². The van der Waals surface area contributed by atoms with E-state index >= 15 is 0 Å². The highest BCUT2D eigenvalue weighted by molar-refractivity contribution is 5.84. The maximum Gasteiger partial charge on any atom is 0.258 e. The molecule has 1 aromatic heterocycles. The Balaban J connectivity index is 0.000000615. The van der Waals surface area contributed by atoms with E-state index in [1.165, 1.54) is 0 Å². The first-order valence-corrected chi connectivity index (χ1v) is 8.11. The van der Waals surface area contributed by atoms with Gasteiger partial charge in [0, 0.05) is 18.3 Å². The number of hydrogen-bond acceptors (Lipinski definition) is 2. The third kappa shape index (κ3) is 4.01. The SMILES string of the molecule is CC.CC.Cn1c(=O)c(-c2ccc(N)cc2)cc2ccccc21. The molecule has 0 atom stereocenters. The topological polar surface area (TPSA) is 48.0 Å². The molecule has 2 aromatic carbocycles. The van der Waals surface area contributed by atoms with Crippen LogP contribution in [0.5, 0.6) is 0 Å².